The molecule has 4 nitrogen and oxygen atoms in total. The Hall–Kier alpha value is -2.36. The molecular weight excluding hydrogens is 238 g/mol. The molecule has 0 atom stereocenters. The first-order chi connectivity index (χ1) is 9.13. The number of nitrogens with one attached hydrogen (secondary N) is 2. The van der Waals surface area contributed by atoms with Crippen LogP contribution < -0.4 is 10.6 Å². The number of nitrogens with zero attached hydrogens (tertiary/aromatic N) is 1. The fraction of sp³-hybridized carbons (Fsp3) is 0.200. The zero-order valence-electron chi connectivity index (χ0n) is 11.1. The standard InChI is InChI=1S/C15H17N3O/c1-11-6-8-13(9-7-11)10-16-15(19)18-14-5-3-4-12(2)17-14/h3-9H,10H2,1-2H3,(H2,16,17,18,19). The lowest BCUT2D eigenvalue weighted by Crippen LogP contribution is -2.28. The smallest absolute Gasteiger partial charge is 0.320 e. The second-order valence-corrected chi connectivity index (χ2v) is 4.46. The summed E-state index contributed by atoms with van der Waals surface area (Å²) in [5.74, 6) is 0.557. The van der Waals surface area contributed by atoms with Gasteiger partial charge in [-0.1, -0.05) is 35.9 Å². The molecular formula is C15H17N3O. The van der Waals surface area contributed by atoms with Crippen LogP contribution >= 0.6 is 0 Å². The van der Waals surface area contributed by atoms with Crippen LogP contribution in [0.25, 0.3) is 0 Å². The highest BCUT2D eigenvalue weighted by Crippen LogP contribution is 2.04. The monoisotopic (exact) mass is 255 g/mol. The lowest BCUT2D eigenvalue weighted by molar-refractivity contribution is 0.251. The topological polar surface area (TPSA) is 54.0 Å². The zero-order valence-corrected chi connectivity index (χ0v) is 11.1. The minimum absolute atomic E-state index is 0.251. The highest BCUT2D eigenvalue weighted by Gasteiger charge is 2.02. The third-order valence-corrected chi connectivity index (χ3v) is 2.70. The van der Waals surface area contributed by atoms with Crippen molar-refractivity contribution < 1.29 is 4.79 Å². The first kappa shape index (κ1) is 13.1. The lowest BCUT2D eigenvalue weighted by atomic mass is 10.1. The van der Waals surface area contributed by atoms with Crippen LogP contribution in [0.15, 0.2) is 42.5 Å². The summed E-state index contributed by atoms with van der Waals surface area (Å²) in [7, 11) is 0. The quantitative estimate of drug-likeness (QED) is 0.885. The Morgan fingerprint density at radius 2 is 1.84 bits per heavy atom. The molecule has 0 bridgehead atoms. The van der Waals surface area contributed by atoms with Gasteiger partial charge in [0.05, 0.1) is 0 Å². The van der Waals surface area contributed by atoms with Gasteiger partial charge < -0.3 is 5.32 Å². The molecule has 1 aromatic heterocycles. The maximum atomic E-state index is 11.7. The molecule has 4 heteroatoms. The first-order valence-corrected chi connectivity index (χ1v) is 6.17. The van der Waals surface area contributed by atoms with E-state index in [1.807, 2.05) is 50.2 Å². The molecule has 0 aliphatic rings. The fourth-order valence-electron chi connectivity index (χ4n) is 1.66. The first-order valence-electron chi connectivity index (χ1n) is 6.17. The second-order valence-electron chi connectivity index (χ2n) is 4.46. The number of hydrogen-bond acceptors (Lipinski definition) is 2. The van der Waals surface area contributed by atoms with E-state index in [1.54, 1.807) is 6.07 Å². The molecule has 0 saturated heterocycles. The van der Waals surface area contributed by atoms with Crippen molar-refractivity contribution in [3.8, 4) is 0 Å². The summed E-state index contributed by atoms with van der Waals surface area (Å²) in [5, 5.41) is 5.50. The van der Waals surface area contributed by atoms with E-state index in [4.69, 9.17) is 0 Å². The molecule has 0 radical (unpaired) electrons. The van der Waals surface area contributed by atoms with Crippen molar-refractivity contribution in [2.45, 2.75) is 20.4 Å². The molecule has 1 aromatic carbocycles. The van der Waals surface area contributed by atoms with E-state index in [9.17, 15) is 4.79 Å². The van der Waals surface area contributed by atoms with Crippen LogP contribution in [0.5, 0.6) is 0 Å². The Balaban J connectivity index is 1.86. The number of carbonyl (C=O) groups is 1. The number of carbonyl (C=O) groups excluding carboxylic acids is 1. The van der Waals surface area contributed by atoms with Gasteiger partial charge in [-0.05, 0) is 31.5 Å². The van der Waals surface area contributed by atoms with Gasteiger partial charge in [0.25, 0.3) is 0 Å². The summed E-state index contributed by atoms with van der Waals surface area (Å²) in [6, 6.07) is 13.3. The SMILES string of the molecule is Cc1ccc(CNC(=O)Nc2cccc(C)n2)cc1. The van der Waals surface area contributed by atoms with Crippen LogP contribution in [0.2, 0.25) is 0 Å². The third-order valence-electron chi connectivity index (χ3n) is 2.70. The lowest BCUT2D eigenvalue weighted by Gasteiger charge is -2.07. The van der Waals surface area contributed by atoms with Gasteiger partial charge in [-0.25, -0.2) is 9.78 Å². The molecule has 0 unspecified atom stereocenters. The van der Waals surface area contributed by atoms with Gasteiger partial charge in [0, 0.05) is 12.2 Å². The molecule has 2 aromatic rings. The zero-order chi connectivity index (χ0) is 13.7. The molecule has 1 heterocycles. The van der Waals surface area contributed by atoms with E-state index in [-0.39, 0.29) is 6.03 Å². The van der Waals surface area contributed by atoms with Gasteiger partial charge >= 0.3 is 6.03 Å². The number of pyridine rings is 1. The summed E-state index contributed by atoms with van der Waals surface area (Å²) >= 11 is 0. The van der Waals surface area contributed by atoms with Crippen molar-refractivity contribution in [1.29, 1.82) is 0 Å². The second kappa shape index (κ2) is 6.00. The largest absolute Gasteiger partial charge is 0.334 e. The number of anilines is 1. The molecule has 0 fully saturated rings. The van der Waals surface area contributed by atoms with Gasteiger partial charge in [0.2, 0.25) is 0 Å². The summed E-state index contributed by atoms with van der Waals surface area (Å²) < 4.78 is 0. The number of hydrogen-bond donors (Lipinski definition) is 2. The summed E-state index contributed by atoms with van der Waals surface area (Å²) in [5.41, 5.74) is 3.14. The molecule has 0 aliphatic heterocycles. The molecule has 0 saturated carbocycles. The fourth-order valence-corrected chi connectivity index (χ4v) is 1.66. The highest BCUT2D eigenvalue weighted by molar-refractivity contribution is 5.88. The minimum atomic E-state index is -0.251. The van der Waals surface area contributed by atoms with Crippen molar-refractivity contribution >= 4 is 11.8 Å². The normalized spacial score (nSPS) is 10.0. The predicted octanol–water partition coefficient (Wildman–Crippen LogP) is 3.02. The molecule has 2 N–H and O–H groups in total. The van der Waals surface area contributed by atoms with E-state index in [2.05, 4.69) is 15.6 Å². The van der Waals surface area contributed by atoms with Crippen LogP contribution in [0.1, 0.15) is 16.8 Å². The number of urea groups is 1. The minimum Gasteiger partial charge on any atom is -0.334 e. The van der Waals surface area contributed by atoms with Crippen LogP contribution in [-0.2, 0) is 6.54 Å². The number of aryl methyl sites for hydroxylation is 2. The number of benzene rings is 1. The summed E-state index contributed by atoms with van der Waals surface area (Å²) in [4.78, 5) is 15.9. The Morgan fingerprint density at radius 1 is 1.11 bits per heavy atom. The number of amides is 2. The predicted molar refractivity (Wildman–Crippen MR) is 76.0 cm³/mol. The Kier molecular flexibility index (Phi) is 4.13. The number of rotatable bonds is 3. The molecule has 98 valence electrons. The summed E-state index contributed by atoms with van der Waals surface area (Å²) in [6.07, 6.45) is 0. The van der Waals surface area contributed by atoms with Gasteiger partial charge in [0.1, 0.15) is 5.82 Å². The average Bonchev–Trinajstić information content (AvgIpc) is 2.38. The molecule has 2 amide bonds. The Morgan fingerprint density at radius 3 is 2.53 bits per heavy atom. The molecule has 0 aliphatic carbocycles. The van der Waals surface area contributed by atoms with Crippen LogP contribution in [-0.4, -0.2) is 11.0 Å². The molecule has 19 heavy (non-hydrogen) atoms. The van der Waals surface area contributed by atoms with E-state index in [1.165, 1.54) is 5.56 Å². The van der Waals surface area contributed by atoms with E-state index >= 15 is 0 Å². The van der Waals surface area contributed by atoms with Crippen molar-refractivity contribution in [3.05, 3.63) is 59.3 Å². The van der Waals surface area contributed by atoms with Crippen molar-refractivity contribution in [2.24, 2.45) is 0 Å². The Bertz CT molecular complexity index is 564. The average molecular weight is 255 g/mol. The van der Waals surface area contributed by atoms with Crippen LogP contribution in [0.4, 0.5) is 10.6 Å². The van der Waals surface area contributed by atoms with Gasteiger partial charge in [-0.15, -0.1) is 0 Å². The third kappa shape index (κ3) is 4.10. The summed E-state index contributed by atoms with van der Waals surface area (Å²) in [6.45, 7) is 4.42. The molecule has 0 spiro atoms. The molecule has 2 rings (SSSR count). The van der Waals surface area contributed by atoms with E-state index in [0.717, 1.165) is 11.3 Å². The van der Waals surface area contributed by atoms with Crippen LogP contribution in [0.3, 0.4) is 0 Å². The number of aromatic nitrogens is 1. The maximum absolute atomic E-state index is 11.7. The maximum Gasteiger partial charge on any atom is 0.320 e. The van der Waals surface area contributed by atoms with Crippen molar-refractivity contribution in [2.75, 3.05) is 5.32 Å². The Labute approximate surface area is 112 Å². The van der Waals surface area contributed by atoms with Crippen LogP contribution in [0, 0.1) is 13.8 Å². The van der Waals surface area contributed by atoms with E-state index < -0.39 is 0 Å². The van der Waals surface area contributed by atoms with Crippen molar-refractivity contribution in [1.82, 2.24) is 10.3 Å². The van der Waals surface area contributed by atoms with E-state index in [0.29, 0.717) is 12.4 Å². The van der Waals surface area contributed by atoms with Crippen molar-refractivity contribution in [3.63, 3.8) is 0 Å². The van der Waals surface area contributed by atoms with Gasteiger partial charge in [-0.3, -0.25) is 5.32 Å². The highest BCUT2D eigenvalue weighted by atomic mass is 16.2. The van der Waals surface area contributed by atoms with Gasteiger partial charge in [-0.2, -0.15) is 0 Å². The van der Waals surface area contributed by atoms with Gasteiger partial charge in [0.15, 0.2) is 0 Å².